The lowest BCUT2D eigenvalue weighted by molar-refractivity contribution is -0.119. The van der Waals surface area contributed by atoms with Gasteiger partial charge in [0.05, 0.1) is 18.7 Å². The molecule has 1 heterocycles. The maximum atomic E-state index is 12.1. The van der Waals surface area contributed by atoms with Gasteiger partial charge in [0.15, 0.2) is 0 Å². The van der Waals surface area contributed by atoms with E-state index in [2.05, 4.69) is 26.6 Å². The number of carbonyl (C=O) groups is 1. The predicted molar refractivity (Wildman–Crippen MR) is 75.0 cm³/mol. The Morgan fingerprint density at radius 2 is 2.33 bits per heavy atom. The van der Waals surface area contributed by atoms with Crippen LogP contribution in [0, 0.1) is 12.8 Å². The van der Waals surface area contributed by atoms with Crippen LogP contribution in [0.25, 0.3) is 0 Å². The molecule has 98 valence electrons. The molecule has 1 fully saturated rings. The van der Waals surface area contributed by atoms with Gasteiger partial charge in [-0.25, -0.2) is 0 Å². The van der Waals surface area contributed by atoms with Crippen LogP contribution >= 0.6 is 15.9 Å². The zero-order valence-electron chi connectivity index (χ0n) is 10.5. The van der Waals surface area contributed by atoms with E-state index in [4.69, 9.17) is 4.74 Å². The van der Waals surface area contributed by atoms with Gasteiger partial charge in [0.25, 0.3) is 0 Å². The summed E-state index contributed by atoms with van der Waals surface area (Å²) in [6.07, 6.45) is 0.893. The lowest BCUT2D eigenvalue weighted by atomic mass is 10.1. The van der Waals surface area contributed by atoms with Crippen LogP contribution in [0.3, 0.4) is 0 Å². The fourth-order valence-electron chi connectivity index (χ4n) is 2.14. The maximum Gasteiger partial charge on any atom is 0.228 e. The number of rotatable bonds is 3. The number of anilines is 1. The monoisotopic (exact) mass is 312 g/mol. The van der Waals surface area contributed by atoms with Crippen LogP contribution in [0.1, 0.15) is 12.0 Å². The van der Waals surface area contributed by atoms with Gasteiger partial charge in [-0.2, -0.15) is 0 Å². The van der Waals surface area contributed by atoms with Crippen LogP contribution in [-0.2, 0) is 4.79 Å². The number of amides is 1. The van der Waals surface area contributed by atoms with Crippen molar-refractivity contribution in [2.24, 2.45) is 5.92 Å². The highest BCUT2D eigenvalue weighted by Crippen LogP contribution is 2.32. The quantitative estimate of drug-likeness (QED) is 0.900. The number of halogens is 1. The lowest BCUT2D eigenvalue weighted by Gasteiger charge is -2.15. The minimum Gasteiger partial charge on any atom is -0.495 e. The van der Waals surface area contributed by atoms with Gasteiger partial charge in [0.2, 0.25) is 5.91 Å². The van der Waals surface area contributed by atoms with Gasteiger partial charge in [-0.15, -0.1) is 0 Å². The molecule has 1 aliphatic heterocycles. The Morgan fingerprint density at radius 1 is 1.56 bits per heavy atom. The molecule has 0 saturated carbocycles. The summed E-state index contributed by atoms with van der Waals surface area (Å²) in [6.45, 7) is 3.62. The first-order valence-corrected chi connectivity index (χ1v) is 6.77. The standard InChI is InChI=1S/C13H17BrN2O2/c1-8-5-10(14)6-11(18-2)12(8)16-13(17)9-3-4-15-7-9/h5-6,9,15H,3-4,7H2,1-2H3,(H,16,17). The second-order valence-electron chi connectivity index (χ2n) is 4.48. The molecular formula is C13H17BrN2O2. The molecule has 1 aromatic rings. The smallest absolute Gasteiger partial charge is 0.228 e. The number of hydrogen-bond acceptors (Lipinski definition) is 3. The second kappa shape index (κ2) is 5.71. The SMILES string of the molecule is COc1cc(Br)cc(C)c1NC(=O)C1CCNC1. The van der Waals surface area contributed by atoms with Gasteiger partial charge in [-0.05, 0) is 37.6 Å². The zero-order chi connectivity index (χ0) is 13.1. The fraction of sp³-hybridized carbons (Fsp3) is 0.462. The second-order valence-corrected chi connectivity index (χ2v) is 5.39. The number of nitrogens with one attached hydrogen (secondary N) is 2. The minimum absolute atomic E-state index is 0.0535. The van der Waals surface area contributed by atoms with Crippen molar-refractivity contribution < 1.29 is 9.53 Å². The molecule has 0 spiro atoms. The Morgan fingerprint density at radius 3 is 2.94 bits per heavy atom. The molecule has 5 heteroatoms. The molecule has 1 saturated heterocycles. The Bertz CT molecular complexity index is 457. The average molecular weight is 313 g/mol. The molecule has 2 N–H and O–H groups in total. The number of methoxy groups -OCH3 is 1. The van der Waals surface area contributed by atoms with Gasteiger partial charge in [0, 0.05) is 11.0 Å². The predicted octanol–water partition coefficient (Wildman–Crippen LogP) is 2.31. The Kier molecular flexibility index (Phi) is 4.24. The first kappa shape index (κ1) is 13.4. The van der Waals surface area contributed by atoms with Crippen LogP contribution in [0.15, 0.2) is 16.6 Å². The molecule has 1 amide bonds. The van der Waals surface area contributed by atoms with Crippen molar-refractivity contribution in [3.05, 3.63) is 22.2 Å². The molecule has 2 rings (SSSR count). The fourth-order valence-corrected chi connectivity index (χ4v) is 2.69. The van der Waals surface area contributed by atoms with Crippen molar-refractivity contribution in [2.75, 3.05) is 25.5 Å². The number of benzene rings is 1. The molecular weight excluding hydrogens is 296 g/mol. The van der Waals surface area contributed by atoms with E-state index >= 15 is 0 Å². The highest BCUT2D eigenvalue weighted by Gasteiger charge is 2.23. The Balaban J connectivity index is 2.19. The van der Waals surface area contributed by atoms with Gasteiger partial charge >= 0.3 is 0 Å². The van der Waals surface area contributed by atoms with Crippen molar-refractivity contribution in [2.45, 2.75) is 13.3 Å². The van der Waals surface area contributed by atoms with Gasteiger partial charge < -0.3 is 15.4 Å². The summed E-state index contributed by atoms with van der Waals surface area (Å²) in [7, 11) is 1.61. The van der Waals surface area contributed by atoms with Gasteiger partial charge in [-0.1, -0.05) is 15.9 Å². The van der Waals surface area contributed by atoms with E-state index in [0.717, 1.165) is 35.2 Å². The number of carbonyl (C=O) groups excluding carboxylic acids is 1. The number of aryl methyl sites for hydroxylation is 1. The van der Waals surface area contributed by atoms with E-state index in [9.17, 15) is 4.79 Å². The molecule has 0 aromatic heterocycles. The Labute approximate surface area is 115 Å². The van der Waals surface area contributed by atoms with Gasteiger partial charge in [-0.3, -0.25) is 4.79 Å². The first-order valence-electron chi connectivity index (χ1n) is 5.97. The number of hydrogen-bond donors (Lipinski definition) is 2. The summed E-state index contributed by atoms with van der Waals surface area (Å²) in [4.78, 5) is 12.1. The lowest BCUT2D eigenvalue weighted by Crippen LogP contribution is -2.25. The van der Waals surface area contributed by atoms with E-state index in [0.29, 0.717) is 5.75 Å². The van der Waals surface area contributed by atoms with Crippen molar-refractivity contribution in [3.8, 4) is 5.75 Å². The first-order chi connectivity index (χ1) is 8.61. The van der Waals surface area contributed by atoms with E-state index in [1.54, 1.807) is 7.11 Å². The van der Waals surface area contributed by atoms with Crippen LogP contribution in [0.5, 0.6) is 5.75 Å². The largest absolute Gasteiger partial charge is 0.495 e. The third-order valence-corrected chi connectivity index (χ3v) is 3.62. The molecule has 1 unspecified atom stereocenters. The van der Waals surface area contributed by atoms with Crippen molar-refractivity contribution in [3.63, 3.8) is 0 Å². The molecule has 0 aliphatic carbocycles. The molecule has 1 aromatic carbocycles. The van der Waals surface area contributed by atoms with E-state index in [1.807, 2.05) is 19.1 Å². The summed E-state index contributed by atoms with van der Waals surface area (Å²) < 4.78 is 6.25. The molecule has 1 aliphatic rings. The van der Waals surface area contributed by atoms with Gasteiger partial charge in [0.1, 0.15) is 5.75 Å². The van der Waals surface area contributed by atoms with Crippen molar-refractivity contribution in [1.82, 2.24) is 5.32 Å². The Hall–Kier alpha value is -1.07. The maximum absolute atomic E-state index is 12.1. The normalized spacial score (nSPS) is 18.7. The van der Waals surface area contributed by atoms with Crippen LogP contribution in [-0.4, -0.2) is 26.1 Å². The minimum atomic E-state index is 0.0535. The van der Waals surface area contributed by atoms with Crippen molar-refractivity contribution >= 4 is 27.5 Å². The van der Waals surface area contributed by atoms with Crippen LogP contribution in [0.4, 0.5) is 5.69 Å². The summed E-state index contributed by atoms with van der Waals surface area (Å²) in [5.41, 5.74) is 1.75. The zero-order valence-corrected chi connectivity index (χ0v) is 12.1. The summed E-state index contributed by atoms with van der Waals surface area (Å²) in [5, 5.41) is 6.17. The topological polar surface area (TPSA) is 50.4 Å². The van der Waals surface area contributed by atoms with Crippen LogP contribution < -0.4 is 15.4 Å². The highest BCUT2D eigenvalue weighted by atomic mass is 79.9. The summed E-state index contributed by atoms with van der Waals surface area (Å²) >= 11 is 3.42. The summed E-state index contributed by atoms with van der Waals surface area (Å²) in [5.74, 6) is 0.794. The molecule has 0 bridgehead atoms. The number of ether oxygens (including phenoxy) is 1. The molecule has 0 radical (unpaired) electrons. The van der Waals surface area contributed by atoms with E-state index in [1.165, 1.54) is 0 Å². The summed E-state index contributed by atoms with van der Waals surface area (Å²) in [6, 6.07) is 3.82. The molecule has 18 heavy (non-hydrogen) atoms. The molecule has 4 nitrogen and oxygen atoms in total. The third-order valence-electron chi connectivity index (χ3n) is 3.16. The highest BCUT2D eigenvalue weighted by molar-refractivity contribution is 9.10. The van der Waals surface area contributed by atoms with Crippen molar-refractivity contribution in [1.29, 1.82) is 0 Å². The van der Waals surface area contributed by atoms with E-state index in [-0.39, 0.29) is 11.8 Å². The van der Waals surface area contributed by atoms with Crippen LogP contribution in [0.2, 0.25) is 0 Å². The van der Waals surface area contributed by atoms with E-state index < -0.39 is 0 Å². The molecule has 1 atom stereocenters. The third kappa shape index (κ3) is 2.84. The average Bonchev–Trinajstić information content (AvgIpc) is 2.85.